The quantitative estimate of drug-likeness (QED) is 0.545. The van der Waals surface area contributed by atoms with Gasteiger partial charge in [-0.25, -0.2) is 0 Å². The molecule has 0 radical (unpaired) electrons. The highest BCUT2D eigenvalue weighted by Crippen LogP contribution is 2.07. The van der Waals surface area contributed by atoms with Crippen LogP contribution in [0.1, 0.15) is 51.9 Å². The fraction of sp³-hybridized carbons (Fsp3) is 0.917. The SMILES string of the molecule is CCCCCCCCCN1CC=NC1. The maximum Gasteiger partial charge on any atom is 0.0909 e. The van der Waals surface area contributed by atoms with Crippen molar-refractivity contribution in [1.29, 1.82) is 0 Å². The van der Waals surface area contributed by atoms with Crippen LogP contribution in [0.4, 0.5) is 0 Å². The van der Waals surface area contributed by atoms with E-state index in [4.69, 9.17) is 0 Å². The molecule has 0 saturated carbocycles. The molecular formula is C12H24N2. The molecule has 82 valence electrons. The molecule has 0 amide bonds. The van der Waals surface area contributed by atoms with E-state index in [9.17, 15) is 0 Å². The molecule has 0 bridgehead atoms. The molecule has 0 N–H and O–H groups in total. The van der Waals surface area contributed by atoms with Gasteiger partial charge in [-0.15, -0.1) is 0 Å². The molecule has 0 atom stereocenters. The molecule has 0 fully saturated rings. The molecular weight excluding hydrogens is 172 g/mol. The summed E-state index contributed by atoms with van der Waals surface area (Å²) in [4.78, 5) is 6.61. The van der Waals surface area contributed by atoms with Crippen LogP contribution in [-0.2, 0) is 0 Å². The van der Waals surface area contributed by atoms with Crippen LogP contribution in [0, 0.1) is 0 Å². The van der Waals surface area contributed by atoms with Crippen molar-refractivity contribution in [2.45, 2.75) is 51.9 Å². The maximum absolute atomic E-state index is 4.21. The Morgan fingerprint density at radius 1 is 1.07 bits per heavy atom. The fourth-order valence-electron chi connectivity index (χ4n) is 1.86. The Morgan fingerprint density at radius 3 is 2.43 bits per heavy atom. The first-order chi connectivity index (χ1) is 6.93. The van der Waals surface area contributed by atoms with E-state index >= 15 is 0 Å². The Bertz CT molecular complexity index is 146. The lowest BCUT2D eigenvalue weighted by atomic mass is 10.1. The largest absolute Gasteiger partial charge is 0.281 e. The molecule has 0 saturated heterocycles. The zero-order chi connectivity index (χ0) is 10.1. The molecule has 0 spiro atoms. The summed E-state index contributed by atoms with van der Waals surface area (Å²) in [5.74, 6) is 0. The highest BCUT2D eigenvalue weighted by atomic mass is 15.2. The van der Waals surface area contributed by atoms with Crippen LogP contribution in [-0.4, -0.2) is 30.9 Å². The molecule has 0 aromatic rings. The zero-order valence-corrected chi connectivity index (χ0v) is 9.54. The van der Waals surface area contributed by atoms with Gasteiger partial charge in [0.25, 0.3) is 0 Å². The van der Waals surface area contributed by atoms with Gasteiger partial charge in [0, 0.05) is 19.3 Å². The third-order valence-electron chi connectivity index (χ3n) is 2.83. The van der Waals surface area contributed by atoms with Crippen molar-refractivity contribution in [3.63, 3.8) is 0 Å². The molecule has 1 aliphatic heterocycles. The predicted molar refractivity (Wildman–Crippen MR) is 62.9 cm³/mol. The van der Waals surface area contributed by atoms with E-state index in [1.165, 1.54) is 51.5 Å². The van der Waals surface area contributed by atoms with Gasteiger partial charge >= 0.3 is 0 Å². The normalized spacial score (nSPS) is 16.6. The van der Waals surface area contributed by atoms with E-state index in [0.717, 1.165) is 13.2 Å². The van der Waals surface area contributed by atoms with Gasteiger partial charge in [0.1, 0.15) is 0 Å². The fourth-order valence-corrected chi connectivity index (χ4v) is 1.86. The van der Waals surface area contributed by atoms with Crippen LogP contribution in [0.3, 0.4) is 0 Å². The minimum absolute atomic E-state index is 0.940. The van der Waals surface area contributed by atoms with Gasteiger partial charge in [0.05, 0.1) is 6.67 Å². The van der Waals surface area contributed by atoms with Crippen molar-refractivity contribution < 1.29 is 0 Å². The van der Waals surface area contributed by atoms with Gasteiger partial charge in [-0.05, 0) is 6.42 Å². The number of unbranched alkanes of at least 4 members (excludes halogenated alkanes) is 6. The Labute approximate surface area is 88.4 Å². The molecule has 2 nitrogen and oxygen atoms in total. The number of nitrogens with zero attached hydrogens (tertiary/aromatic N) is 2. The monoisotopic (exact) mass is 196 g/mol. The second-order valence-corrected chi connectivity index (χ2v) is 4.20. The van der Waals surface area contributed by atoms with Crippen molar-refractivity contribution in [3.8, 4) is 0 Å². The van der Waals surface area contributed by atoms with Crippen LogP contribution in [0.2, 0.25) is 0 Å². The van der Waals surface area contributed by atoms with Gasteiger partial charge in [-0.2, -0.15) is 0 Å². The third kappa shape index (κ3) is 5.38. The predicted octanol–water partition coefficient (Wildman–Crippen LogP) is 3.08. The van der Waals surface area contributed by atoms with Gasteiger partial charge in [0.15, 0.2) is 0 Å². The summed E-state index contributed by atoms with van der Waals surface area (Å²) < 4.78 is 0. The van der Waals surface area contributed by atoms with Gasteiger partial charge in [-0.1, -0.05) is 45.4 Å². The van der Waals surface area contributed by atoms with E-state index in [-0.39, 0.29) is 0 Å². The first kappa shape index (κ1) is 11.7. The van der Waals surface area contributed by atoms with Crippen LogP contribution in [0.25, 0.3) is 0 Å². The molecule has 1 rings (SSSR count). The van der Waals surface area contributed by atoms with Crippen LogP contribution >= 0.6 is 0 Å². The Kier molecular flexibility index (Phi) is 6.67. The van der Waals surface area contributed by atoms with Crippen molar-refractivity contribution in [2.24, 2.45) is 4.99 Å². The number of hydrogen-bond donors (Lipinski definition) is 0. The highest BCUT2D eigenvalue weighted by molar-refractivity contribution is 5.61. The van der Waals surface area contributed by atoms with E-state index < -0.39 is 0 Å². The Morgan fingerprint density at radius 2 is 1.79 bits per heavy atom. The first-order valence-corrected chi connectivity index (χ1v) is 6.14. The second-order valence-electron chi connectivity index (χ2n) is 4.20. The summed E-state index contributed by atoms with van der Waals surface area (Å²) in [7, 11) is 0. The minimum atomic E-state index is 0.940. The lowest BCUT2D eigenvalue weighted by Gasteiger charge is -2.12. The lowest BCUT2D eigenvalue weighted by molar-refractivity contribution is 0.331. The van der Waals surface area contributed by atoms with Gasteiger partial charge < -0.3 is 0 Å². The van der Waals surface area contributed by atoms with Crippen LogP contribution in [0.5, 0.6) is 0 Å². The molecule has 0 aromatic carbocycles. The van der Waals surface area contributed by atoms with Crippen LogP contribution in [0.15, 0.2) is 4.99 Å². The maximum atomic E-state index is 4.21. The van der Waals surface area contributed by atoms with E-state index in [1.807, 2.05) is 6.21 Å². The lowest BCUT2D eigenvalue weighted by Crippen LogP contribution is -2.21. The summed E-state index contributed by atoms with van der Waals surface area (Å²) in [6, 6.07) is 0. The van der Waals surface area contributed by atoms with Crippen molar-refractivity contribution in [2.75, 3.05) is 19.8 Å². The van der Waals surface area contributed by atoms with Crippen molar-refractivity contribution >= 4 is 6.21 Å². The van der Waals surface area contributed by atoms with Crippen molar-refractivity contribution in [3.05, 3.63) is 0 Å². The topological polar surface area (TPSA) is 15.6 Å². The molecule has 0 aromatic heterocycles. The Hall–Kier alpha value is -0.370. The standard InChI is InChI=1S/C12H24N2/c1-2-3-4-5-6-7-8-10-14-11-9-13-12-14/h9H,2-8,10-12H2,1H3. The summed E-state index contributed by atoms with van der Waals surface area (Å²) in [5, 5.41) is 0. The molecule has 2 heteroatoms. The molecule has 14 heavy (non-hydrogen) atoms. The Balaban J connectivity index is 1.75. The van der Waals surface area contributed by atoms with E-state index in [1.54, 1.807) is 0 Å². The summed E-state index contributed by atoms with van der Waals surface area (Å²) in [6.07, 6.45) is 11.9. The number of rotatable bonds is 8. The van der Waals surface area contributed by atoms with Crippen LogP contribution < -0.4 is 0 Å². The smallest absolute Gasteiger partial charge is 0.0909 e. The van der Waals surface area contributed by atoms with E-state index in [0.29, 0.717) is 0 Å². The summed E-state index contributed by atoms with van der Waals surface area (Å²) in [6.45, 7) is 5.53. The highest BCUT2D eigenvalue weighted by Gasteiger charge is 2.05. The molecule has 0 unspecified atom stereocenters. The second kappa shape index (κ2) is 7.98. The number of hydrogen-bond acceptors (Lipinski definition) is 2. The van der Waals surface area contributed by atoms with Gasteiger partial charge in [0.2, 0.25) is 0 Å². The summed E-state index contributed by atoms with van der Waals surface area (Å²) in [5.41, 5.74) is 0. The average Bonchev–Trinajstić information content (AvgIpc) is 2.69. The van der Waals surface area contributed by atoms with Crippen molar-refractivity contribution in [1.82, 2.24) is 4.90 Å². The molecule has 1 aliphatic rings. The molecule has 0 aliphatic carbocycles. The third-order valence-corrected chi connectivity index (χ3v) is 2.83. The summed E-state index contributed by atoms with van der Waals surface area (Å²) >= 11 is 0. The molecule has 1 heterocycles. The average molecular weight is 196 g/mol. The van der Waals surface area contributed by atoms with E-state index in [2.05, 4.69) is 16.8 Å². The number of aliphatic imine (C=N–C) groups is 1. The first-order valence-electron chi connectivity index (χ1n) is 6.14. The minimum Gasteiger partial charge on any atom is -0.281 e. The van der Waals surface area contributed by atoms with Gasteiger partial charge in [-0.3, -0.25) is 9.89 Å². The zero-order valence-electron chi connectivity index (χ0n) is 9.54.